The number of rotatable bonds is 2. The van der Waals surface area contributed by atoms with Gasteiger partial charge in [0.2, 0.25) is 0 Å². The molecular weight excluding hydrogens is 248 g/mol. The molecule has 20 heavy (non-hydrogen) atoms. The summed E-state index contributed by atoms with van der Waals surface area (Å²) in [6, 6.07) is 10.1. The third kappa shape index (κ3) is 2.67. The molecule has 0 radical (unpaired) electrons. The van der Waals surface area contributed by atoms with Crippen LogP contribution < -0.4 is 5.32 Å². The predicted molar refractivity (Wildman–Crippen MR) is 80.6 cm³/mol. The maximum absolute atomic E-state index is 12.4. The molecule has 1 heterocycles. The first kappa shape index (κ1) is 13.1. The van der Waals surface area contributed by atoms with E-state index in [9.17, 15) is 4.79 Å². The summed E-state index contributed by atoms with van der Waals surface area (Å²) in [7, 11) is 0. The highest BCUT2D eigenvalue weighted by molar-refractivity contribution is 5.97. The molecule has 3 heteroatoms. The lowest BCUT2D eigenvalue weighted by atomic mass is 9.86. The van der Waals surface area contributed by atoms with Gasteiger partial charge < -0.3 is 5.32 Å². The number of benzene rings is 1. The van der Waals surface area contributed by atoms with Crippen molar-refractivity contribution in [3.05, 3.63) is 42.1 Å². The minimum Gasteiger partial charge on any atom is -0.349 e. The first-order chi connectivity index (χ1) is 9.74. The summed E-state index contributed by atoms with van der Waals surface area (Å²) in [5.41, 5.74) is 1.58. The van der Waals surface area contributed by atoms with Crippen LogP contribution in [-0.2, 0) is 0 Å². The minimum absolute atomic E-state index is 0.00185. The lowest BCUT2D eigenvalue weighted by molar-refractivity contribution is 0.0910. The van der Waals surface area contributed by atoms with Gasteiger partial charge in [0.15, 0.2) is 0 Å². The van der Waals surface area contributed by atoms with Crippen LogP contribution in [-0.4, -0.2) is 16.9 Å². The van der Waals surface area contributed by atoms with E-state index in [2.05, 4.69) is 17.2 Å². The Bertz CT molecular complexity index is 623. The van der Waals surface area contributed by atoms with Crippen LogP contribution >= 0.6 is 0 Å². The quantitative estimate of drug-likeness (QED) is 0.905. The summed E-state index contributed by atoms with van der Waals surface area (Å²) in [6.07, 6.45) is 6.47. The summed E-state index contributed by atoms with van der Waals surface area (Å²) in [4.78, 5) is 16.7. The van der Waals surface area contributed by atoms with E-state index in [0.717, 1.165) is 17.3 Å². The second-order valence-corrected chi connectivity index (χ2v) is 5.76. The van der Waals surface area contributed by atoms with Crippen LogP contribution in [0.2, 0.25) is 0 Å². The molecule has 3 rings (SSSR count). The Hall–Kier alpha value is -1.90. The van der Waals surface area contributed by atoms with E-state index in [4.69, 9.17) is 0 Å². The van der Waals surface area contributed by atoms with Gasteiger partial charge in [-0.25, -0.2) is 0 Å². The molecule has 1 aromatic heterocycles. The summed E-state index contributed by atoms with van der Waals surface area (Å²) in [6.45, 7) is 2.22. The van der Waals surface area contributed by atoms with Crippen LogP contribution in [0.5, 0.6) is 0 Å². The maximum Gasteiger partial charge on any atom is 0.253 e. The van der Waals surface area contributed by atoms with Crippen LogP contribution in [0.1, 0.15) is 43.0 Å². The molecule has 2 unspecified atom stereocenters. The van der Waals surface area contributed by atoms with Crippen molar-refractivity contribution in [2.75, 3.05) is 0 Å². The van der Waals surface area contributed by atoms with Crippen molar-refractivity contribution < 1.29 is 4.79 Å². The Morgan fingerprint density at radius 2 is 2.05 bits per heavy atom. The fourth-order valence-electron chi connectivity index (χ4n) is 2.98. The van der Waals surface area contributed by atoms with Crippen LogP contribution in [0.15, 0.2) is 36.5 Å². The number of aromatic nitrogens is 1. The van der Waals surface area contributed by atoms with E-state index in [-0.39, 0.29) is 5.91 Å². The first-order valence-electron chi connectivity index (χ1n) is 7.40. The van der Waals surface area contributed by atoms with Gasteiger partial charge in [-0.05, 0) is 30.9 Å². The van der Waals surface area contributed by atoms with Crippen LogP contribution in [0, 0.1) is 5.92 Å². The summed E-state index contributed by atoms with van der Waals surface area (Å²) in [5, 5.41) is 4.18. The van der Waals surface area contributed by atoms with Crippen molar-refractivity contribution in [3.63, 3.8) is 0 Å². The lowest BCUT2D eigenvalue weighted by Gasteiger charge is -2.29. The molecule has 1 fully saturated rings. The van der Waals surface area contributed by atoms with Gasteiger partial charge >= 0.3 is 0 Å². The molecule has 1 N–H and O–H groups in total. The molecule has 2 aromatic rings. The molecule has 1 aliphatic rings. The Balaban J connectivity index is 1.78. The van der Waals surface area contributed by atoms with Crippen LogP contribution in [0.4, 0.5) is 0 Å². The number of hydrogen-bond donors (Lipinski definition) is 1. The van der Waals surface area contributed by atoms with Crippen LogP contribution in [0.3, 0.4) is 0 Å². The van der Waals surface area contributed by atoms with Crippen LogP contribution in [0.25, 0.3) is 10.9 Å². The number of hydrogen-bond acceptors (Lipinski definition) is 2. The highest BCUT2D eigenvalue weighted by atomic mass is 16.1. The zero-order valence-electron chi connectivity index (χ0n) is 11.8. The van der Waals surface area contributed by atoms with Gasteiger partial charge in [0.1, 0.15) is 0 Å². The smallest absolute Gasteiger partial charge is 0.253 e. The monoisotopic (exact) mass is 268 g/mol. The highest BCUT2D eigenvalue weighted by Crippen LogP contribution is 2.24. The Morgan fingerprint density at radius 1 is 1.25 bits per heavy atom. The van der Waals surface area contributed by atoms with Crippen molar-refractivity contribution in [2.45, 2.75) is 38.6 Å². The van der Waals surface area contributed by atoms with E-state index in [1.807, 2.05) is 30.3 Å². The van der Waals surface area contributed by atoms with Gasteiger partial charge in [-0.3, -0.25) is 9.78 Å². The Kier molecular flexibility index (Phi) is 3.68. The molecular formula is C17H20N2O. The van der Waals surface area contributed by atoms with Gasteiger partial charge in [0, 0.05) is 17.6 Å². The van der Waals surface area contributed by atoms with Gasteiger partial charge in [-0.1, -0.05) is 38.0 Å². The number of carbonyl (C=O) groups is 1. The van der Waals surface area contributed by atoms with E-state index in [1.54, 1.807) is 6.20 Å². The van der Waals surface area contributed by atoms with Gasteiger partial charge in [-0.2, -0.15) is 0 Å². The number of pyridine rings is 1. The van der Waals surface area contributed by atoms with E-state index >= 15 is 0 Å². The minimum atomic E-state index is 0.00185. The number of nitrogens with one attached hydrogen (secondary N) is 1. The number of para-hydroxylation sites is 1. The van der Waals surface area contributed by atoms with Gasteiger partial charge in [0.05, 0.1) is 11.1 Å². The number of nitrogens with zero attached hydrogens (tertiary/aromatic N) is 1. The van der Waals surface area contributed by atoms with Crippen molar-refractivity contribution >= 4 is 16.8 Å². The molecule has 0 bridgehead atoms. The second kappa shape index (κ2) is 5.61. The Morgan fingerprint density at radius 3 is 2.90 bits per heavy atom. The fraction of sp³-hybridized carbons (Fsp3) is 0.412. The third-order valence-electron chi connectivity index (χ3n) is 4.28. The molecule has 2 atom stereocenters. The molecule has 0 saturated heterocycles. The molecule has 104 valence electrons. The summed E-state index contributed by atoms with van der Waals surface area (Å²) < 4.78 is 0. The molecule has 1 saturated carbocycles. The zero-order valence-corrected chi connectivity index (χ0v) is 11.8. The molecule has 1 amide bonds. The normalized spacial score (nSPS) is 22.6. The average molecular weight is 268 g/mol. The number of amides is 1. The predicted octanol–water partition coefficient (Wildman–Crippen LogP) is 3.54. The second-order valence-electron chi connectivity index (χ2n) is 5.76. The average Bonchev–Trinajstić information content (AvgIpc) is 2.49. The maximum atomic E-state index is 12.4. The van der Waals surface area contributed by atoms with Gasteiger partial charge in [0.25, 0.3) is 5.91 Å². The third-order valence-corrected chi connectivity index (χ3v) is 4.28. The van der Waals surface area contributed by atoms with Crippen molar-refractivity contribution in [1.82, 2.24) is 10.3 Å². The number of carbonyl (C=O) groups excluding carboxylic acids is 1. The summed E-state index contributed by atoms with van der Waals surface area (Å²) in [5.74, 6) is 0.572. The van der Waals surface area contributed by atoms with E-state index in [0.29, 0.717) is 17.5 Å². The molecule has 0 aliphatic heterocycles. The SMILES string of the molecule is CC1CCCCC1NC(=O)c1cnc2ccccc2c1. The fourth-order valence-corrected chi connectivity index (χ4v) is 2.98. The zero-order chi connectivity index (χ0) is 13.9. The van der Waals surface area contributed by atoms with Crippen molar-refractivity contribution in [2.24, 2.45) is 5.92 Å². The topological polar surface area (TPSA) is 42.0 Å². The Labute approximate surface area is 119 Å². The largest absolute Gasteiger partial charge is 0.349 e. The number of fused-ring (bicyclic) bond motifs is 1. The van der Waals surface area contributed by atoms with Crippen molar-refractivity contribution in [3.8, 4) is 0 Å². The van der Waals surface area contributed by atoms with E-state index < -0.39 is 0 Å². The van der Waals surface area contributed by atoms with E-state index in [1.165, 1.54) is 19.3 Å². The standard InChI is InChI=1S/C17H20N2O/c1-12-6-2-4-8-15(12)19-17(20)14-10-13-7-3-5-9-16(13)18-11-14/h3,5,7,9-12,15H,2,4,6,8H2,1H3,(H,19,20). The highest BCUT2D eigenvalue weighted by Gasteiger charge is 2.23. The molecule has 0 spiro atoms. The van der Waals surface area contributed by atoms with Gasteiger partial charge in [-0.15, -0.1) is 0 Å². The molecule has 1 aliphatic carbocycles. The molecule has 3 nitrogen and oxygen atoms in total. The van der Waals surface area contributed by atoms with Crippen molar-refractivity contribution in [1.29, 1.82) is 0 Å². The first-order valence-corrected chi connectivity index (χ1v) is 7.40. The molecule has 1 aromatic carbocycles. The summed E-state index contributed by atoms with van der Waals surface area (Å²) >= 11 is 0. The lowest BCUT2D eigenvalue weighted by Crippen LogP contribution is -2.41.